The van der Waals surface area contributed by atoms with E-state index in [1.165, 1.54) is 63.2 Å². The summed E-state index contributed by atoms with van der Waals surface area (Å²) in [6, 6.07) is 13.0. The second kappa shape index (κ2) is 9.19. The van der Waals surface area contributed by atoms with Crippen LogP contribution in [0.5, 0.6) is 11.5 Å². The number of hydrogen-bond acceptors (Lipinski definition) is 5. The molecule has 170 valence electrons. The van der Waals surface area contributed by atoms with Gasteiger partial charge in [0.05, 0.1) is 14.2 Å². The van der Waals surface area contributed by atoms with Gasteiger partial charge in [0.1, 0.15) is 33.4 Å². The molecule has 1 aliphatic rings. The molecule has 3 aromatic carbocycles. The van der Waals surface area contributed by atoms with Crippen molar-refractivity contribution in [2.24, 2.45) is 5.10 Å². The van der Waals surface area contributed by atoms with Crippen LogP contribution in [0.3, 0.4) is 0 Å². The number of thioether (sulfide) groups is 1. The lowest BCUT2D eigenvalue weighted by molar-refractivity contribution is 0.0737. The molecule has 0 N–H and O–H groups in total. The molecule has 0 saturated carbocycles. The monoisotopic (exact) mass is 472 g/mol. The van der Waals surface area contributed by atoms with Gasteiger partial charge < -0.3 is 9.47 Å². The lowest BCUT2D eigenvalue weighted by Crippen LogP contribution is -2.28. The van der Waals surface area contributed by atoms with Crippen molar-refractivity contribution in [2.75, 3.05) is 14.2 Å². The molecule has 1 amide bonds. The normalized spacial score (nSPS) is 15.4. The minimum absolute atomic E-state index is 0.129. The summed E-state index contributed by atoms with van der Waals surface area (Å²) in [4.78, 5) is 13.4. The molecular formula is C24H19F3N2O3S. The van der Waals surface area contributed by atoms with E-state index >= 15 is 0 Å². The highest BCUT2D eigenvalue weighted by Gasteiger charge is 2.39. The minimum atomic E-state index is -0.991. The molecule has 1 unspecified atom stereocenters. The Balaban J connectivity index is 1.85. The van der Waals surface area contributed by atoms with Gasteiger partial charge in [-0.3, -0.25) is 4.79 Å². The van der Waals surface area contributed by atoms with Gasteiger partial charge in [-0.25, -0.2) is 18.2 Å². The fourth-order valence-corrected chi connectivity index (χ4v) is 4.64. The largest absolute Gasteiger partial charge is 0.493 e. The molecule has 9 heteroatoms. The summed E-state index contributed by atoms with van der Waals surface area (Å²) in [5, 5.41) is 4.96. The molecule has 4 rings (SSSR count). The summed E-state index contributed by atoms with van der Waals surface area (Å²) in [6.07, 6.45) is 0. The van der Waals surface area contributed by atoms with E-state index in [2.05, 4.69) is 5.10 Å². The Bertz CT molecular complexity index is 1250. The number of carbonyl (C=O) groups is 1. The van der Waals surface area contributed by atoms with Gasteiger partial charge in [-0.1, -0.05) is 30.0 Å². The number of halogens is 3. The van der Waals surface area contributed by atoms with Gasteiger partial charge in [-0.05, 0) is 48.9 Å². The zero-order valence-corrected chi connectivity index (χ0v) is 18.8. The molecule has 3 aromatic rings. The Morgan fingerprint density at radius 1 is 1.00 bits per heavy atom. The van der Waals surface area contributed by atoms with E-state index in [1.807, 2.05) is 0 Å². The topological polar surface area (TPSA) is 51.1 Å². The van der Waals surface area contributed by atoms with Gasteiger partial charge in [-0.2, -0.15) is 5.10 Å². The summed E-state index contributed by atoms with van der Waals surface area (Å²) in [5.74, 6) is -2.54. The maximum absolute atomic E-state index is 14.8. The SMILES string of the molecule is COc1cccc(C2SC(c3ccc(F)cc3)=NN2C(=O)c2c(F)ccc(C)c2F)c1OC. The first-order chi connectivity index (χ1) is 15.8. The number of rotatable bonds is 5. The van der Waals surface area contributed by atoms with Crippen LogP contribution in [0.15, 0.2) is 59.7 Å². The second-order valence-electron chi connectivity index (χ2n) is 7.17. The molecule has 0 fully saturated rings. The Labute approximate surface area is 192 Å². The van der Waals surface area contributed by atoms with Gasteiger partial charge in [0.2, 0.25) is 0 Å². The summed E-state index contributed by atoms with van der Waals surface area (Å²) < 4.78 is 53.7. The number of hydrazone groups is 1. The summed E-state index contributed by atoms with van der Waals surface area (Å²) in [7, 11) is 2.93. The maximum atomic E-state index is 14.8. The zero-order chi connectivity index (χ0) is 23.7. The van der Waals surface area contributed by atoms with Crippen molar-refractivity contribution in [2.45, 2.75) is 12.3 Å². The number of nitrogens with zero attached hydrogens (tertiary/aromatic N) is 2. The zero-order valence-electron chi connectivity index (χ0n) is 17.9. The molecule has 0 radical (unpaired) electrons. The van der Waals surface area contributed by atoms with Crippen LogP contribution in [0, 0.1) is 24.4 Å². The van der Waals surface area contributed by atoms with Crippen molar-refractivity contribution in [1.29, 1.82) is 0 Å². The van der Waals surface area contributed by atoms with Gasteiger partial charge in [0, 0.05) is 11.1 Å². The molecule has 0 saturated heterocycles. The van der Waals surface area contributed by atoms with Gasteiger partial charge in [-0.15, -0.1) is 0 Å². The van der Waals surface area contributed by atoms with Crippen molar-refractivity contribution in [3.8, 4) is 11.5 Å². The lowest BCUT2D eigenvalue weighted by atomic mass is 10.1. The van der Waals surface area contributed by atoms with E-state index in [9.17, 15) is 18.0 Å². The quantitative estimate of drug-likeness (QED) is 0.480. The van der Waals surface area contributed by atoms with E-state index in [1.54, 1.807) is 18.2 Å². The number of ether oxygens (including phenoxy) is 2. The third kappa shape index (κ3) is 4.16. The average Bonchev–Trinajstić information content (AvgIpc) is 3.26. The van der Waals surface area contributed by atoms with Crippen LogP contribution in [0.25, 0.3) is 0 Å². The fourth-order valence-electron chi connectivity index (χ4n) is 3.47. The Morgan fingerprint density at radius 2 is 1.73 bits per heavy atom. The predicted octanol–water partition coefficient (Wildman–Crippen LogP) is 5.68. The van der Waals surface area contributed by atoms with Crippen LogP contribution < -0.4 is 9.47 Å². The van der Waals surface area contributed by atoms with Crippen LogP contribution in [-0.4, -0.2) is 30.2 Å². The molecule has 0 bridgehead atoms. The molecule has 1 atom stereocenters. The van der Waals surface area contributed by atoms with E-state index in [4.69, 9.17) is 9.47 Å². The van der Waals surface area contributed by atoms with E-state index < -0.39 is 34.3 Å². The number of para-hydroxylation sites is 1. The molecule has 33 heavy (non-hydrogen) atoms. The van der Waals surface area contributed by atoms with Gasteiger partial charge in [0.25, 0.3) is 5.91 Å². The maximum Gasteiger partial charge on any atom is 0.281 e. The minimum Gasteiger partial charge on any atom is -0.493 e. The number of hydrogen-bond donors (Lipinski definition) is 0. The molecule has 0 spiro atoms. The van der Waals surface area contributed by atoms with E-state index in [0.29, 0.717) is 27.7 Å². The molecule has 0 aliphatic carbocycles. The summed E-state index contributed by atoms with van der Waals surface area (Å²) in [6.45, 7) is 1.44. The highest BCUT2D eigenvalue weighted by molar-refractivity contribution is 8.14. The first kappa shape index (κ1) is 22.7. The number of carbonyl (C=O) groups excluding carboxylic acids is 1. The first-order valence-corrected chi connectivity index (χ1v) is 10.7. The van der Waals surface area contributed by atoms with E-state index in [0.717, 1.165) is 11.1 Å². The first-order valence-electron chi connectivity index (χ1n) is 9.86. The number of methoxy groups -OCH3 is 2. The van der Waals surface area contributed by atoms with Gasteiger partial charge >= 0.3 is 0 Å². The number of benzene rings is 3. The highest BCUT2D eigenvalue weighted by Crippen LogP contribution is 2.47. The van der Waals surface area contributed by atoms with Crippen molar-refractivity contribution in [3.63, 3.8) is 0 Å². The Morgan fingerprint density at radius 3 is 2.39 bits per heavy atom. The second-order valence-corrected chi connectivity index (χ2v) is 8.24. The van der Waals surface area contributed by atoms with Crippen LogP contribution in [0.4, 0.5) is 13.2 Å². The number of amides is 1. The molecule has 5 nitrogen and oxygen atoms in total. The van der Waals surface area contributed by atoms with Gasteiger partial charge in [0.15, 0.2) is 11.5 Å². The van der Waals surface area contributed by atoms with Crippen LogP contribution in [-0.2, 0) is 0 Å². The van der Waals surface area contributed by atoms with Crippen LogP contribution in [0.1, 0.15) is 32.4 Å². The average molecular weight is 472 g/mol. The fraction of sp³-hybridized carbons (Fsp3) is 0.167. The molecule has 0 aromatic heterocycles. The highest BCUT2D eigenvalue weighted by atomic mass is 32.2. The predicted molar refractivity (Wildman–Crippen MR) is 120 cm³/mol. The third-order valence-electron chi connectivity index (χ3n) is 5.14. The standard InChI is InChI=1S/C24H19F3N2O3S/c1-13-7-12-17(26)19(20(13)27)23(30)29-24(16-5-4-6-18(31-2)21(16)32-3)33-22(28-29)14-8-10-15(25)11-9-14/h4-12,24H,1-3H3. The molecule has 1 heterocycles. The Kier molecular flexibility index (Phi) is 6.33. The molecule has 1 aliphatic heterocycles. The number of aryl methyl sites for hydroxylation is 1. The van der Waals surface area contributed by atoms with Crippen molar-refractivity contribution in [1.82, 2.24) is 5.01 Å². The van der Waals surface area contributed by atoms with Crippen molar-refractivity contribution < 1.29 is 27.4 Å². The van der Waals surface area contributed by atoms with Crippen LogP contribution >= 0.6 is 11.8 Å². The summed E-state index contributed by atoms with van der Waals surface area (Å²) in [5.41, 5.74) is 0.495. The smallest absolute Gasteiger partial charge is 0.281 e. The van der Waals surface area contributed by atoms with Crippen LogP contribution in [0.2, 0.25) is 0 Å². The Hall–Kier alpha value is -3.46. The van der Waals surface area contributed by atoms with Crippen molar-refractivity contribution in [3.05, 3.63) is 94.3 Å². The molecular weight excluding hydrogens is 453 g/mol. The lowest BCUT2D eigenvalue weighted by Gasteiger charge is -2.24. The van der Waals surface area contributed by atoms with Crippen molar-refractivity contribution >= 4 is 22.7 Å². The third-order valence-corrected chi connectivity index (χ3v) is 6.36. The van der Waals surface area contributed by atoms with E-state index in [-0.39, 0.29) is 5.56 Å². The summed E-state index contributed by atoms with van der Waals surface area (Å²) >= 11 is 1.17.